The number of benzene rings is 3. The number of pyridine rings is 3. The molecule has 98 heavy (non-hydrogen) atoms. The number of aromatic nitrogens is 12. The number of likely N-dealkylation sites (tertiary alicyclic amines) is 2. The number of aromatic amines is 3. The molecule has 3 aromatic carbocycles. The minimum Gasteiger partial charge on any atom is -0.444 e. The highest BCUT2D eigenvalue weighted by atomic mass is 19.2. The number of carbonyl (C=O) groups excluding carboxylic acids is 1. The number of nitrogens with zero attached hydrogens (tertiary/aromatic N) is 11. The fourth-order valence-corrected chi connectivity index (χ4v) is 13.3. The zero-order valence-corrected chi connectivity index (χ0v) is 55.9. The van der Waals surface area contributed by atoms with Crippen molar-refractivity contribution < 1.29 is 35.9 Å². The van der Waals surface area contributed by atoms with Gasteiger partial charge in [-0.05, 0) is 170 Å². The Hall–Kier alpha value is -10.1. The van der Waals surface area contributed by atoms with Gasteiger partial charge in [0.05, 0.1) is 49.8 Å². The lowest BCUT2D eigenvalue weighted by molar-refractivity contribution is 0.000177. The lowest BCUT2D eigenvalue weighted by Crippen LogP contribution is -2.46. The number of amides is 1. The zero-order valence-electron chi connectivity index (χ0n) is 55.9. The van der Waals surface area contributed by atoms with E-state index >= 15 is 13.2 Å². The molecule has 3 fully saturated rings. The molecule has 4 N–H and O–H groups in total. The monoisotopic (exact) mass is 1340 g/mol. The number of rotatable bonds is 6. The molecule has 0 saturated carbocycles. The summed E-state index contributed by atoms with van der Waals surface area (Å²) < 4.78 is 101. The Morgan fingerprint density at radius 2 is 0.765 bits per heavy atom. The van der Waals surface area contributed by atoms with Crippen molar-refractivity contribution >= 4 is 55.7 Å². The van der Waals surface area contributed by atoms with Crippen molar-refractivity contribution in [3.8, 4) is 33.4 Å². The van der Waals surface area contributed by atoms with Gasteiger partial charge in [-0.2, -0.15) is 0 Å². The third-order valence-electron chi connectivity index (χ3n) is 18.5. The molecule has 1 amide bonds. The van der Waals surface area contributed by atoms with E-state index in [9.17, 15) is 32.3 Å². The van der Waals surface area contributed by atoms with Crippen LogP contribution in [0.1, 0.15) is 111 Å². The number of halogens is 6. The van der Waals surface area contributed by atoms with Crippen LogP contribution in [0.25, 0.3) is 83.0 Å². The number of imidazole rings is 3. The highest BCUT2D eigenvalue weighted by Crippen LogP contribution is 2.39. The van der Waals surface area contributed by atoms with Gasteiger partial charge in [0, 0.05) is 119 Å². The van der Waals surface area contributed by atoms with E-state index in [4.69, 9.17) is 4.74 Å². The van der Waals surface area contributed by atoms with E-state index in [1.807, 2.05) is 33.0 Å². The summed E-state index contributed by atoms with van der Waals surface area (Å²) in [5.41, 5.74) is 3.07. The Kier molecular flexibility index (Phi) is 17.0. The van der Waals surface area contributed by atoms with E-state index in [0.717, 1.165) is 11.1 Å². The number of ether oxygens (including phenoxy) is 1. The van der Waals surface area contributed by atoms with Crippen molar-refractivity contribution in [2.24, 2.45) is 0 Å². The molecule has 0 radical (unpaired) electrons. The van der Waals surface area contributed by atoms with Crippen LogP contribution in [0.2, 0.25) is 0 Å². The molecule has 0 aliphatic carbocycles. The second-order valence-electron chi connectivity index (χ2n) is 27.3. The van der Waals surface area contributed by atoms with Crippen LogP contribution >= 0.6 is 0 Å². The highest BCUT2D eigenvalue weighted by molar-refractivity contribution is 5.89. The number of alkyl halides is 3. The highest BCUT2D eigenvalue weighted by Gasteiger charge is 2.42. The minimum atomic E-state index is -1.88. The van der Waals surface area contributed by atoms with E-state index < -0.39 is 57.3 Å². The van der Waals surface area contributed by atoms with Crippen LogP contribution in [-0.4, -0.2) is 126 Å². The van der Waals surface area contributed by atoms with Crippen molar-refractivity contribution in [2.75, 3.05) is 46.3 Å². The summed E-state index contributed by atoms with van der Waals surface area (Å²) in [4.78, 5) is 88.7. The fourth-order valence-electron chi connectivity index (χ4n) is 13.3. The Balaban J connectivity index is 0.000000133. The van der Waals surface area contributed by atoms with Gasteiger partial charge in [0.2, 0.25) is 0 Å². The average Bonchev–Trinajstić information content (AvgIpc) is 0.888. The van der Waals surface area contributed by atoms with Gasteiger partial charge in [-0.3, -0.25) is 14.4 Å². The van der Waals surface area contributed by atoms with Crippen molar-refractivity contribution in [1.82, 2.24) is 73.2 Å². The second kappa shape index (κ2) is 25.1. The predicted molar refractivity (Wildman–Crippen MR) is 362 cm³/mol. The maximum atomic E-state index is 16.0. The van der Waals surface area contributed by atoms with Crippen LogP contribution in [0, 0.1) is 59.0 Å². The van der Waals surface area contributed by atoms with Gasteiger partial charge in [0.25, 0.3) is 16.7 Å². The van der Waals surface area contributed by atoms with Gasteiger partial charge in [-0.25, -0.2) is 61.0 Å². The number of H-pyrrole nitrogens is 3. The topological polar surface area (TPSA) is 234 Å². The van der Waals surface area contributed by atoms with Gasteiger partial charge in [0.1, 0.15) is 23.1 Å². The smallest absolute Gasteiger partial charge is 0.410 e. The van der Waals surface area contributed by atoms with Crippen LogP contribution in [0.5, 0.6) is 0 Å². The Morgan fingerprint density at radius 1 is 0.449 bits per heavy atom. The van der Waals surface area contributed by atoms with Gasteiger partial charge < -0.3 is 48.0 Å². The van der Waals surface area contributed by atoms with E-state index in [1.165, 1.54) is 23.1 Å². The van der Waals surface area contributed by atoms with Crippen molar-refractivity contribution in [3.05, 3.63) is 192 Å². The number of piperidine rings is 3. The largest absolute Gasteiger partial charge is 0.444 e. The van der Waals surface area contributed by atoms with Gasteiger partial charge in [-0.1, -0.05) is 0 Å². The summed E-state index contributed by atoms with van der Waals surface area (Å²) >= 11 is 0. The maximum absolute atomic E-state index is 16.0. The molecule has 0 unspecified atom stereocenters. The first-order valence-electron chi connectivity index (χ1n) is 32.5. The summed E-state index contributed by atoms with van der Waals surface area (Å²) in [6, 6.07) is 14.7. The van der Waals surface area contributed by atoms with Gasteiger partial charge in [0.15, 0.2) is 51.4 Å². The van der Waals surface area contributed by atoms with Crippen molar-refractivity contribution in [2.45, 2.75) is 123 Å². The molecule has 0 bridgehead atoms. The standard InChI is InChI=1S/C27H29F2N5O3.C23H23F2N5O.C22H21F2N5O/c1-15-10-17(18-12-20(28)22-30-16(2)13-34(22)14-18)11-19-21(15)31-24(32-23(19)35)27(29)6-8-33(9-7-27)25(36)37-26(3,4)5;1-13-8-15(16-10-18(24)20-26-14(2)11-30(20)12-16)9-17-19(13)27-22(28-21(17)31)23(25)4-6-29(3)7-5-23;1-12-7-14(15-9-17(23)19-26-13(2)10-29(19)11-15)8-16-18(12)27-21(28-20(16)30)22(24)3-5-25-6-4-22/h10-14H,6-9H2,1-5H3,(H,31,32,35);8-12H,4-7H2,1-3H3,(H,27,28,31);7-11,25H,3-6H2,1-2H3,(H,27,28,30). The normalized spacial score (nSPS) is 16.4. The molecule has 9 aromatic heterocycles. The van der Waals surface area contributed by atoms with Crippen molar-refractivity contribution in [3.63, 3.8) is 0 Å². The Labute approximate surface area is 557 Å². The summed E-state index contributed by atoms with van der Waals surface area (Å²) in [7, 11) is 1.95. The molecule has 12 aromatic rings. The molecule has 20 nitrogen and oxygen atoms in total. The molecule has 3 aliphatic rings. The quantitative estimate of drug-likeness (QED) is 0.114. The first kappa shape index (κ1) is 66.5. The molecule has 26 heteroatoms. The number of nitrogens with one attached hydrogen (secondary N) is 4. The van der Waals surface area contributed by atoms with Crippen LogP contribution in [-0.2, 0) is 21.7 Å². The predicted octanol–water partition coefficient (Wildman–Crippen LogP) is 12.6. The fraction of sp³-hybridized carbons (Fsp3) is 0.361. The Morgan fingerprint density at radius 3 is 1.09 bits per heavy atom. The van der Waals surface area contributed by atoms with Crippen LogP contribution < -0.4 is 22.0 Å². The van der Waals surface area contributed by atoms with E-state index in [2.05, 4.69) is 55.1 Å². The first-order valence-corrected chi connectivity index (χ1v) is 32.5. The summed E-state index contributed by atoms with van der Waals surface area (Å²) in [6.07, 6.45) is 11.1. The third kappa shape index (κ3) is 12.9. The third-order valence-corrected chi connectivity index (χ3v) is 18.5. The molecule has 0 atom stereocenters. The number of hydrogen-bond donors (Lipinski definition) is 4. The zero-order chi connectivity index (χ0) is 69.7. The molecular formula is C72H73F6N15O5. The molecule has 12 heterocycles. The summed E-state index contributed by atoms with van der Waals surface area (Å²) in [6.45, 7) is 18.8. The molecule has 3 saturated heterocycles. The minimum absolute atomic E-state index is 0.0125. The average molecular weight is 1340 g/mol. The van der Waals surface area contributed by atoms with Crippen molar-refractivity contribution in [1.29, 1.82) is 0 Å². The molecule has 508 valence electrons. The van der Waals surface area contributed by atoms with Gasteiger partial charge in [-0.15, -0.1) is 0 Å². The van der Waals surface area contributed by atoms with E-state index in [-0.39, 0.29) is 84.1 Å². The van der Waals surface area contributed by atoms with E-state index in [1.54, 1.807) is 123 Å². The lowest BCUT2D eigenvalue weighted by Gasteiger charge is -2.36. The number of carbonyl (C=O) groups is 1. The number of hydrogen-bond acceptors (Lipinski definition) is 13. The van der Waals surface area contributed by atoms with Gasteiger partial charge >= 0.3 is 6.09 Å². The Bertz CT molecular complexity index is 5380. The van der Waals surface area contributed by atoms with Crippen LogP contribution in [0.3, 0.4) is 0 Å². The summed E-state index contributed by atoms with van der Waals surface area (Å²) in [5, 5.41) is 4.12. The number of fused-ring (bicyclic) bond motifs is 6. The lowest BCUT2D eigenvalue weighted by atomic mass is 9.92. The molecule has 15 rings (SSSR count). The molecular weight excluding hydrogens is 1270 g/mol. The SMILES string of the molecule is Cc1cn2cc(-c3cc(C)c4nc(C5(F)CCN(C(=O)OC(C)(C)C)CC5)[nH]c(=O)c4c3)cc(F)c2n1.Cc1cn2cc(-c3cc(C)c4nc(C5(F)CCN(C)CC5)[nH]c(=O)c4c3)cc(F)c2n1.Cc1cn2cc(-c3cc(C)c4nc(C5(F)CCNCC5)[nH]c(=O)c4c3)cc(F)c2n1. The maximum Gasteiger partial charge on any atom is 0.410 e. The number of aryl methyl sites for hydroxylation is 6. The summed E-state index contributed by atoms with van der Waals surface area (Å²) in [5.74, 6) is -1.22. The first-order chi connectivity index (χ1) is 46.4. The van der Waals surface area contributed by atoms with E-state index in [0.29, 0.717) is 122 Å². The molecule has 0 spiro atoms. The molecule has 3 aliphatic heterocycles. The second-order valence-corrected chi connectivity index (χ2v) is 27.3. The van der Waals surface area contributed by atoms with Crippen LogP contribution in [0.4, 0.5) is 31.1 Å². The van der Waals surface area contributed by atoms with Crippen LogP contribution in [0.15, 0.2) is 106 Å².